The van der Waals surface area contributed by atoms with E-state index in [4.69, 9.17) is 4.74 Å². The summed E-state index contributed by atoms with van der Waals surface area (Å²) in [5.41, 5.74) is 9.27. The highest BCUT2D eigenvalue weighted by atomic mass is 31.0. The summed E-state index contributed by atoms with van der Waals surface area (Å²) >= 11 is 0. The number of hydrogen-bond donors (Lipinski definition) is 2. The second-order valence-electron chi connectivity index (χ2n) is 3.89. The maximum Gasteiger partial charge on any atom is 0.150 e. The summed E-state index contributed by atoms with van der Waals surface area (Å²) in [6, 6.07) is 14.4. The molecule has 0 saturated carbocycles. The summed E-state index contributed by atoms with van der Waals surface area (Å²) in [6.07, 6.45) is 0. The minimum absolute atomic E-state index is 0.828. The molecule has 0 bridgehead atoms. The monoisotopic (exact) mass is 260 g/mol. The highest BCUT2D eigenvalue weighted by Gasteiger charge is 2.09. The molecule has 1 unspecified atom stereocenters. The van der Waals surface area contributed by atoms with Crippen molar-refractivity contribution in [2.45, 2.75) is 0 Å². The lowest BCUT2D eigenvalue weighted by molar-refractivity contribution is 0.419. The van der Waals surface area contributed by atoms with E-state index in [1.165, 1.54) is 5.56 Å². The van der Waals surface area contributed by atoms with Crippen LogP contribution in [0.2, 0.25) is 0 Å². The Hall–Kier alpha value is -1.57. The van der Waals surface area contributed by atoms with E-state index in [1.54, 1.807) is 7.11 Å². The smallest absolute Gasteiger partial charge is 0.150 e. The third-order valence-electron chi connectivity index (χ3n) is 2.69. The van der Waals surface area contributed by atoms with Crippen molar-refractivity contribution in [2.24, 2.45) is 0 Å². The molecule has 0 amide bonds. The largest absolute Gasteiger partial charge is 0.494 e. The standard InChI is InChI=1S/C14H17N2OP/c1-15-16-12-8-11(9-13(18)14(12)17-2)10-6-4-3-5-7-10/h3-9,15-16H,18H2,1-2H3. The molecule has 0 aliphatic heterocycles. The molecular weight excluding hydrogens is 243 g/mol. The van der Waals surface area contributed by atoms with Gasteiger partial charge in [0.25, 0.3) is 0 Å². The first-order valence-electron chi connectivity index (χ1n) is 5.72. The Bertz CT molecular complexity index is 529. The maximum absolute atomic E-state index is 5.40. The second-order valence-corrected chi connectivity index (χ2v) is 4.51. The number of rotatable bonds is 4. The number of methoxy groups -OCH3 is 1. The van der Waals surface area contributed by atoms with Crippen molar-refractivity contribution in [1.82, 2.24) is 5.43 Å². The van der Waals surface area contributed by atoms with Crippen molar-refractivity contribution in [1.29, 1.82) is 0 Å². The van der Waals surface area contributed by atoms with Gasteiger partial charge in [0.05, 0.1) is 12.8 Å². The molecule has 0 fully saturated rings. The van der Waals surface area contributed by atoms with Gasteiger partial charge in [-0.15, -0.1) is 9.24 Å². The number of hydrazine groups is 1. The van der Waals surface area contributed by atoms with Gasteiger partial charge in [0.15, 0.2) is 0 Å². The van der Waals surface area contributed by atoms with Gasteiger partial charge in [0.1, 0.15) is 5.75 Å². The molecule has 0 saturated heterocycles. The van der Waals surface area contributed by atoms with E-state index in [-0.39, 0.29) is 0 Å². The molecule has 0 radical (unpaired) electrons. The van der Waals surface area contributed by atoms with Gasteiger partial charge in [-0.2, -0.15) is 0 Å². The van der Waals surface area contributed by atoms with Crippen molar-refractivity contribution in [3.8, 4) is 16.9 Å². The van der Waals surface area contributed by atoms with Gasteiger partial charge in [0, 0.05) is 12.4 Å². The van der Waals surface area contributed by atoms with E-state index < -0.39 is 0 Å². The lowest BCUT2D eigenvalue weighted by atomic mass is 10.0. The van der Waals surface area contributed by atoms with Crippen LogP contribution in [0.15, 0.2) is 42.5 Å². The molecule has 2 rings (SSSR count). The first-order chi connectivity index (χ1) is 8.76. The van der Waals surface area contributed by atoms with Crippen LogP contribution < -0.4 is 20.9 Å². The number of nitrogens with one attached hydrogen (secondary N) is 2. The Kier molecular flexibility index (Phi) is 4.19. The van der Waals surface area contributed by atoms with Crippen LogP contribution in [0.25, 0.3) is 11.1 Å². The van der Waals surface area contributed by atoms with E-state index >= 15 is 0 Å². The van der Waals surface area contributed by atoms with E-state index in [0.29, 0.717) is 0 Å². The average molecular weight is 260 g/mol. The van der Waals surface area contributed by atoms with Gasteiger partial charge in [-0.3, -0.25) is 0 Å². The summed E-state index contributed by atoms with van der Waals surface area (Å²) in [6.45, 7) is 0. The molecule has 0 aromatic heterocycles. The van der Waals surface area contributed by atoms with Crippen molar-refractivity contribution in [3.05, 3.63) is 42.5 Å². The Balaban J connectivity index is 2.51. The van der Waals surface area contributed by atoms with Crippen molar-refractivity contribution >= 4 is 20.2 Å². The normalized spacial score (nSPS) is 10.2. The molecule has 2 aromatic carbocycles. The zero-order valence-corrected chi connectivity index (χ0v) is 11.7. The molecule has 2 aromatic rings. The summed E-state index contributed by atoms with van der Waals surface area (Å²) < 4.78 is 5.40. The molecule has 0 aliphatic rings. The minimum Gasteiger partial charge on any atom is -0.494 e. The molecule has 0 heterocycles. The molecule has 2 N–H and O–H groups in total. The maximum atomic E-state index is 5.40. The zero-order valence-electron chi connectivity index (χ0n) is 10.5. The summed E-state index contributed by atoms with van der Waals surface area (Å²) in [7, 11) is 6.21. The van der Waals surface area contributed by atoms with E-state index in [0.717, 1.165) is 22.3 Å². The molecule has 0 aliphatic carbocycles. The summed E-state index contributed by atoms with van der Waals surface area (Å²) in [4.78, 5) is 0. The van der Waals surface area contributed by atoms with Gasteiger partial charge in [-0.05, 0) is 23.3 Å². The third-order valence-corrected chi connectivity index (χ3v) is 3.12. The van der Waals surface area contributed by atoms with Crippen LogP contribution in [0.4, 0.5) is 5.69 Å². The van der Waals surface area contributed by atoms with E-state index in [2.05, 4.69) is 44.4 Å². The molecule has 0 spiro atoms. The predicted molar refractivity (Wildman–Crippen MR) is 80.5 cm³/mol. The fraction of sp³-hybridized carbons (Fsp3) is 0.143. The van der Waals surface area contributed by atoms with Crippen LogP contribution in [0.5, 0.6) is 5.75 Å². The molecule has 4 heteroatoms. The number of ether oxygens (including phenoxy) is 1. The van der Waals surface area contributed by atoms with Gasteiger partial charge in [-0.1, -0.05) is 30.3 Å². The van der Waals surface area contributed by atoms with Crippen molar-refractivity contribution in [2.75, 3.05) is 19.6 Å². The third kappa shape index (κ3) is 2.63. The Morgan fingerprint density at radius 3 is 2.39 bits per heavy atom. The van der Waals surface area contributed by atoms with Gasteiger partial charge >= 0.3 is 0 Å². The Morgan fingerprint density at radius 2 is 1.78 bits per heavy atom. The fourth-order valence-corrected chi connectivity index (χ4v) is 2.36. The molecular formula is C14H17N2OP. The zero-order chi connectivity index (χ0) is 13.0. The van der Waals surface area contributed by atoms with Crippen LogP contribution in [-0.4, -0.2) is 14.2 Å². The Morgan fingerprint density at radius 1 is 1.06 bits per heavy atom. The fourth-order valence-electron chi connectivity index (χ4n) is 1.90. The Labute approximate surface area is 110 Å². The second kappa shape index (κ2) is 5.85. The van der Waals surface area contributed by atoms with Crippen LogP contribution in [0.1, 0.15) is 0 Å². The molecule has 1 atom stereocenters. The van der Waals surface area contributed by atoms with E-state index in [1.807, 2.05) is 25.2 Å². The van der Waals surface area contributed by atoms with Crippen LogP contribution in [0, 0.1) is 0 Å². The van der Waals surface area contributed by atoms with Gasteiger partial charge in [-0.25, -0.2) is 5.43 Å². The number of hydrogen-bond acceptors (Lipinski definition) is 3. The van der Waals surface area contributed by atoms with Crippen LogP contribution in [0.3, 0.4) is 0 Å². The predicted octanol–water partition coefficient (Wildman–Crippen LogP) is 2.41. The average Bonchev–Trinajstić information content (AvgIpc) is 2.40. The summed E-state index contributed by atoms with van der Waals surface area (Å²) in [5.74, 6) is 0.828. The minimum atomic E-state index is 0.828. The summed E-state index contributed by atoms with van der Waals surface area (Å²) in [5, 5.41) is 1.02. The lowest BCUT2D eigenvalue weighted by Gasteiger charge is -2.15. The quantitative estimate of drug-likeness (QED) is 0.654. The molecule has 3 nitrogen and oxygen atoms in total. The first kappa shape index (κ1) is 12.9. The topological polar surface area (TPSA) is 33.3 Å². The highest BCUT2D eigenvalue weighted by Crippen LogP contribution is 2.29. The lowest BCUT2D eigenvalue weighted by Crippen LogP contribution is -2.17. The number of anilines is 1. The molecule has 18 heavy (non-hydrogen) atoms. The highest BCUT2D eigenvalue weighted by molar-refractivity contribution is 7.27. The molecule has 94 valence electrons. The van der Waals surface area contributed by atoms with E-state index in [9.17, 15) is 0 Å². The van der Waals surface area contributed by atoms with Gasteiger partial charge < -0.3 is 10.2 Å². The number of benzene rings is 2. The first-order valence-corrected chi connectivity index (χ1v) is 6.29. The van der Waals surface area contributed by atoms with Crippen LogP contribution >= 0.6 is 9.24 Å². The van der Waals surface area contributed by atoms with Crippen molar-refractivity contribution < 1.29 is 4.74 Å². The van der Waals surface area contributed by atoms with Crippen LogP contribution in [-0.2, 0) is 0 Å². The van der Waals surface area contributed by atoms with Crippen molar-refractivity contribution in [3.63, 3.8) is 0 Å². The van der Waals surface area contributed by atoms with Gasteiger partial charge in [0.2, 0.25) is 0 Å². The SMILES string of the molecule is CNNc1cc(-c2ccccc2)cc(P)c1OC.